The van der Waals surface area contributed by atoms with E-state index >= 15 is 0 Å². The van der Waals surface area contributed by atoms with Crippen molar-refractivity contribution in [3.05, 3.63) is 0 Å². The lowest BCUT2D eigenvalue weighted by atomic mass is 10.1. The molecule has 0 radical (unpaired) electrons. The molecule has 0 spiro atoms. The van der Waals surface area contributed by atoms with Gasteiger partial charge in [0.05, 0.1) is 18.8 Å². The van der Waals surface area contributed by atoms with Gasteiger partial charge in [0.1, 0.15) is 0 Å². The van der Waals surface area contributed by atoms with Crippen LogP contribution in [0.1, 0.15) is 77.6 Å². The summed E-state index contributed by atoms with van der Waals surface area (Å²) in [5.74, 6) is 0.522. The van der Waals surface area contributed by atoms with E-state index in [1.807, 2.05) is 0 Å². The fraction of sp³-hybridized carbons (Fsp3) is 0.895. The highest BCUT2D eigenvalue weighted by atomic mass is 16.4. The number of hydrogen-bond donors (Lipinski definition) is 2. The lowest BCUT2D eigenvalue weighted by Crippen LogP contribution is -2.35. The summed E-state index contributed by atoms with van der Waals surface area (Å²) >= 11 is 0. The van der Waals surface area contributed by atoms with Crippen LogP contribution in [0.3, 0.4) is 0 Å². The highest BCUT2D eigenvalue weighted by Crippen LogP contribution is 2.13. The number of amidine groups is 1. The van der Waals surface area contributed by atoms with Crippen LogP contribution in [-0.4, -0.2) is 54.5 Å². The van der Waals surface area contributed by atoms with Gasteiger partial charge in [-0.3, -0.25) is 9.79 Å². The van der Waals surface area contributed by atoms with Crippen LogP contribution in [0, 0.1) is 0 Å². The van der Waals surface area contributed by atoms with E-state index in [1.54, 1.807) is 0 Å². The number of carbonyl (C=O) groups is 1. The third-order valence-electron chi connectivity index (χ3n) is 4.61. The van der Waals surface area contributed by atoms with Crippen molar-refractivity contribution in [2.45, 2.75) is 77.6 Å². The Morgan fingerprint density at radius 3 is 2.42 bits per heavy atom. The molecule has 0 amide bonds. The van der Waals surface area contributed by atoms with Gasteiger partial charge in [-0.15, -0.1) is 0 Å². The van der Waals surface area contributed by atoms with E-state index < -0.39 is 5.97 Å². The number of unbranched alkanes of at least 4 members (excludes halogenated alkanes) is 8. The number of nitrogens with zero attached hydrogens (tertiary/aromatic N) is 2. The maximum atomic E-state index is 10.5. The third-order valence-corrected chi connectivity index (χ3v) is 4.61. The van der Waals surface area contributed by atoms with Gasteiger partial charge in [-0.25, -0.2) is 0 Å². The van der Waals surface area contributed by atoms with Crippen molar-refractivity contribution >= 4 is 11.8 Å². The standard InChI is InChI=1S/C19H37N3O2/c1-2-3-4-5-6-7-8-9-10-11-18-21-15-17-22(18)16-14-20-13-12-19(23)24/h20H,2-17H2,1H3,(H,23,24). The van der Waals surface area contributed by atoms with Crippen LogP contribution in [0.4, 0.5) is 0 Å². The zero-order chi connectivity index (χ0) is 17.5. The number of aliphatic imine (C=N–C) groups is 1. The molecule has 1 aliphatic heterocycles. The Kier molecular flexibility index (Phi) is 12.4. The molecule has 0 atom stereocenters. The van der Waals surface area contributed by atoms with Gasteiger partial charge >= 0.3 is 5.97 Å². The Balaban J connectivity index is 1.96. The zero-order valence-electron chi connectivity index (χ0n) is 15.6. The number of carboxylic acids is 1. The smallest absolute Gasteiger partial charge is 0.304 e. The molecule has 0 unspecified atom stereocenters. The summed E-state index contributed by atoms with van der Waals surface area (Å²) < 4.78 is 0. The summed E-state index contributed by atoms with van der Waals surface area (Å²) in [6, 6.07) is 0. The molecule has 0 saturated carbocycles. The van der Waals surface area contributed by atoms with Crippen molar-refractivity contribution in [2.75, 3.05) is 32.7 Å². The molecule has 0 aromatic rings. The second-order valence-electron chi connectivity index (χ2n) is 6.76. The van der Waals surface area contributed by atoms with Crippen LogP contribution in [0.25, 0.3) is 0 Å². The maximum Gasteiger partial charge on any atom is 0.304 e. The number of hydrogen-bond acceptors (Lipinski definition) is 4. The molecule has 0 saturated heterocycles. The first-order valence-electron chi connectivity index (χ1n) is 9.94. The number of nitrogens with one attached hydrogen (secondary N) is 1. The predicted octanol–water partition coefficient (Wildman–Crippen LogP) is 3.69. The van der Waals surface area contributed by atoms with Gasteiger partial charge in [-0.2, -0.15) is 0 Å². The summed E-state index contributed by atoms with van der Waals surface area (Å²) in [5, 5.41) is 11.8. The van der Waals surface area contributed by atoms with Crippen molar-refractivity contribution in [3.63, 3.8) is 0 Å². The van der Waals surface area contributed by atoms with Crippen LogP contribution in [0.5, 0.6) is 0 Å². The summed E-state index contributed by atoms with van der Waals surface area (Å²) in [4.78, 5) is 17.5. The van der Waals surface area contributed by atoms with Crippen LogP contribution in [0.2, 0.25) is 0 Å². The van der Waals surface area contributed by atoms with Crippen molar-refractivity contribution < 1.29 is 9.90 Å². The molecule has 0 aliphatic carbocycles. The van der Waals surface area contributed by atoms with E-state index in [0.29, 0.717) is 6.54 Å². The Bertz CT molecular complexity index is 359. The number of rotatable bonds is 16. The zero-order valence-corrected chi connectivity index (χ0v) is 15.6. The molecule has 2 N–H and O–H groups in total. The molecule has 0 fully saturated rings. The first-order valence-corrected chi connectivity index (χ1v) is 9.94. The Hall–Kier alpha value is -1.10. The molecular formula is C19H37N3O2. The number of aliphatic carboxylic acids is 1. The highest BCUT2D eigenvalue weighted by Gasteiger charge is 2.15. The Morgan fingerprint density at radius 2 is 1.75 bits per heavy atom. The van der Waals surface area contributed by atoms with Gasteiger partial charge in [-0.1, -0.05) is 58.3 Å². The van der Waals surface area contributed by atoms with Crippen molar-refractivity contribution in [3.8, 4) is 0 Å². The average molecular weight is 340 g/mol. The van der Waals surface area contributed by atoms with Crippen LogP contribution < -0.4 is 5.32 Å². The fourth-order valence-electron chi connectivity index (χ4n) is 3.13. The van der Waals surface area contributed by atoms with E-state index in [9.17, 15) is 4.79 Å². The second kappa shape index (κ2) is 14.3. The quantitative estimate of drug-likeness (QED) is 0.421. The molecule has 0 aromatic heterocycles. The summed E-state index contributed by atoms with van der Waals surface area (Å²) in [7, 11) is 0. The van der Waals surface area contributed by atoms with E-state index in [0.717, 1.165) is 32.6 Å². The van der Waals surface area contributed by atoms with Crippen molar-refractivity contribution in [2.24, 2.45) is 4.99 Å². The normalized spacial score (nSPS) is 14.2. The van der Waals surface area contributed by atoms with Gasteiger partial charge in [0, 0.05) is 32.6 Å². The topological polar surface area (TPSA) is 64.9 Å². The number of carboxylic acid groups (broad SMARTS) is 1. The van der Waals surface area contributed by atoms with Gasteiger partial charge < -0.3 is 15.3 Å². The van der Waals surface area contributed by atoms with E-state index in [2.05, 4.69) is 22.1 Å². The molecule has 1 aliphatic rings. The predicted molar refractivity (Wildman–Crippen MR) is 101 cm³/mol. The Labute approximate surface area is 147 Å². The highest BCUT2D eigenvalue weighted by molar-refractivity contribution is 5.83. The minimum atomic E-state index is -0.740. The lowest BCUT2D eigenvalue weighted by Gasteiger charge is -2.20. The minimum Gasteiger partial charge on any atom is -0.481 e. The summed E-state index contributed by atoms with van der Waals surface area (Å²) in [6.07, 6.45) is 13.5. The molecule has 24 heavy (non-hydrogen) atoms. The van der Waals surface area contributed by atoms with Crippen LogP contribution >= 0.6 is 0 Å². The largest absolute Gasteiger partial charge is 0.481 e. The van der Waals surface area contributed by atoms with Gasteiger partial charge in [0.15, 0.2) is 0 Å². The molecule has 0 aromatic carbocycles. The van der Waals surface area contributed by atoms with Crippen LogP contribution in [0.15, 0.2) is 4.99 Å². The molecule has 140 valence electrons. The van der Waals surface area contributed by atoms with E-state index in [-0.39, 0.29) is 6.42 Å². The average Bonchev–Trinajstić information content (AvgIpc) is 3.00. The monoisotopic (exact) mass is 339 g/mol. The molecule has 5 heteroatoms. The fourth-order valence-corrected chi connectivity index (χ4v) is 3.13. The SMILES string of the molecule is CCCCCCCCCCCC1=NCCN1CCNCCC(=O)O. The third kappa shape index (κ3) is 10.6. The Morgan fingerprint density at radius 1 is 1.08 bits per heavy atom. The molecular weight excluding hydrogens is 302 g/mol. The molecule has 1 heterocycles. The molecule has 1 rings (SSSR count). The van der Waals surface area contributed by atoms with Gasteiger partial charge in [-0.05, 0) is 6.42 Å². The van der Waals surface area contributed by atoms with Gasteiger partial charge in [0.2, 0.25) is 0 Å². The van der Waals surface area contributed by atoms with Gasteiger partial charge in [0.25, 0.3) is 0 Å². The van der Waals surface area contributed by atoms with E-state index in [4.69, 9.17) is 5.11 Å². The second-order valence-corrected chi connectivity index (χ2v) is 6.76. The lowest BCUT2D eigenvalue weighted by molar-refractivity contribution is -0.136. The first kappa shape index (κ1) is 20.9. The summed E-state index contributed by atoms with van der Waals surface area (Å²) in [5.41, 5.74) is 0. The van der Waals surface area contributed by atoms with Crippen molar-refractivity contribution in [1.29, 1.82) is 0 Å². The van der Waals surface area contributed by atoms with E-state index in [1.165, 1.54) is 63.6 Å². The maximum absolute atomic E-state index is 10.5. The molecule has 5 nitrogen and oxygen atoms in total. The summed E-state index contributed by atoms with van der Waals surface area (Å²) in [6.45, 7) is 6.53. The van der Waals surface area contributed by atoms with Crippen molar-refractivity contribution in [1.82, 2.24) is 10.2 Å². The first-order chi connectivity index (χ1) is 11.7. The minimum absolute atomic E-state index is 0.194. The van der Waals surface area contributed by atoms with Crippen LogP contribution in [-0.2, 0) is 4.79 Å². The molecule has 0 bridgehead atoms.